The van der Waals surface area contributed by atoms with Gasteiger partial charge in [-0.05, 0) is 31.0 Å². The molecule has 1 aliphatic heterocycles. The lowest BCUT2D eigenvalue weighted by atomic mass is 10.2. The standard InChI is InChI=1S/C17H21ClN6O/c18-13-7-5-6-12(10-13)17(25)23-22-15-14(19)16(21-11-20-15)24-8-3-1-2-4-9-24/h5-7,10-11H,1-4,8-9,19H2,(H,23,25)(H,20,21,22). The van der Waals surface area contributed by atoms with Crippen molar-refractivity contribution >= 4 is 34.8 Å². The first-order chi connectivity index (χ1) is 12.1. The van der Waals surface area contributed by atoms with Crippen molar-refractivity contribution < 1.29 is 4.79 Å². The molecular weight excluding hydrogens is 340 g/mol. The maximum atomic E-state index is 12.2. The van der Waals surface area contributed by atoms with Crippen LogP contribution in [0.1, 0.15) is 36.0 Å². The number of hydrogen-bond donors (Lipinski definition) is 3. The normalized spacial score (nSPS) is 14.7. The van der Waals surface area contributed by atoms with Gasteiger partial charge in [0.05, 0.1) is 0 Å². The molecule has 1 aromatic heterocycles. The zero-order chi connectivity index (χ0) is 17.6. The topological polar surface area (TPSA) is 96.2 Å². The quantitative estimate of drug-likeness (QED) is 0.725. The Labute approximate surface area is 151 Å². The highest BCUT2D eigenvalue weighted by Crippen LogP contribution is 2.27. The number of nitrogens with two attached hydrogens (primary N) is 1. The van der Waals surface area contributed by atoms with Crippen LogP contribution >= 0.6 is 11.6 Å². The average molecular weight is 361 g/mol. The van der Waals surface area contributed by atoms with Gasteiger partial charge in [0.2, 0.25) is 0 Å². The van der Waals surface area contributed by atoms with Gasteiger partial charge in [-0.2, -0.15) is 0 Å². The summed E-state index contributed by atoms with van der Waals surface area (Å²) in [5, 5.41) is 0.498. The number of carbonyl (C=O) groups excluding carboxylic acids is 1. The third kappa shape index (κ3) is 4.30. The van der Waals surface area contributed by atoms with Crippen molar-refractivity contribution in [1.82, 2.24) is 15.4 Å². The minimum absolute atomic E-state index is 0.322. The van der Waals surface area contributed by atoms with Crippen LogP contribution in [0.3, 0.4) is 0 Å². The smallest absolute Gasteiger partial charge is 0.269 e. The molecule has 2 aromatic rings. The number of hydrazine groups is 1. The second-order valence-corrected chi connectivity index (χ2v) is 6.39. The molecule has 4 N–H and O–H groups in total. The van der Waals surface area contributed by atoms with Crippen molar-refractivity contribution in [2.24, 2.45) is 0 Å². The number of aromatic nitrogens is 2. The molecule has 25 heavy (non-hydrogen) atoms. The van der Waals surface area contributed by atoms with E-state index in [4.69, 9.17) is 17.3 Å². The summed E-state index contributed by atoms with van der Waals surface area (Å²) in [6.07, 6.45) is 6.14. The molecule has 2 heterocycles. The van der Waals surface area contributed by atoms with Crippen LogP contribution in [0.4, 0.5) is 17.3 Å². The molecule has 3 rings (SSSR count). The predicted molar refractivity (Wildman–Crippen MR) is 99.7 cm³/mol. The first-order valence-corrected chi connectivity index (χ1v) is 8.70. The van der Waals surface area contributed by atoms with Crippen LogP contribution in [-0.4, -0.2) is 29.0 Å². The van der Waals surface area contributed by atoms with Gasteiger partial charge in [-0.1, -0.05) is 30.5 Å². The molecule has 0 unspecified atom stereocenters. The minimum Gasteiger partial charge on any atom is -0.393 e. The molecule has 0 atom stereocenters. The molecule has 7 nitrogen and oxygen atoms in total. The van der Waals surface area contributed by atoms with E-state index in [9.17, 15) is 4.79 Å². The highest BCUT2D eigenvalue weighted by atomic mass is 35.5. The number of hydrogen-bond acceptors (Lipinski definition) is 6. The van der Waals surface area contributed by atoms with Gasteiger partial charge in [0.15, 0.2) is 11.6 Å². The van der Waals surface area contributed by atoms with Gasteiger partial charge in [0, 0.05) is 23.7 Å². The van der Waals surface area contributed by atoms with Gasteiger partial charge in [0.25, 0.3) is 5.91 Å². The molecule has 1 aromatic carbocycles. The van der Waals surface area contributed by atoms with E-state index in [0.717, 1.165) is 25.9 Å². The Hall–Kier alpha value is -2.54. The van der Waals surface area contributed by atoms with Gasteiger partial charge >= 0.3 is 0 Å². The maximum Gasteiger partial charge on any atom is 0.269 e. The minimum atomic E-state index is -0.322. The number of nitrogens with one attached hydrogen (secondary N) is 2. The molecular formula is C17H21ClN6O. The monoisotopic (exact) mass is 360 g/mol. The number of nitrogens with zero attached hydrogens (tertiary/aromatic N) is 3. The molecule has 0 radical (unpaired) electrons. The van der Waals surface area contributed by atoms with E-state index < -0.39 is 0 Å². The summed E-state index contributed by atoms with van der Waals surface area (Å²) in [6.45, 7) is 1.85. The maximum absolute atomic E-state index is 12.2. The molecule has 1 amide bonds. The molecule has 1 saturated heterocycles. The highest BCUT2D eigenvalue weighted by molar-refractivity contribution is 6.30. The summed E-state index contributed by atoms with van der Waals surface area (Å²) in [5.74, 6) is 0.762. The summed E-state index contributed by atoms with van der Waals surface area (Å²) in [6, 6.07) is 6.69. The number of benzene rings is 1. The Balaban J connectivity index is 1.70. The second kappa shape index (κ2) is 8.02. The van der Waals surface area contributed by atoms with Crippen molar-refractivity contribution in [1.29, 1.82) is 0 Å². The molecule has 8 heteroatoms. The van der Waals surface area contributed by atoms with Crippen LogP contribution in [0.2, 0.25) is 5.02 Å². The zero-order valence-electron chi connectivity index (χ0n) is 13.8. The number of rotatable bonds is 4. The van der Waals surface area contributed by atoms with Crippen molar-refractivity contribution in [3.05, 3.63) is 41.2 Å². The Morgan fingerprint density at radius 3 is 2.64 bits per heavy atom. The summed E-state index contributed by atoms with van der Waals surface area (Å²) >= 11 is 5.90. The van der Waals surface area contributed by atoms with Crippen LogP contribution in [0.15, 0.2) is 30.6 Å². The molecule has 132 valence electrons. The lowest BCUT2D eigenvalue weighted by Crippen LogP contribution is -2.31. The van der Waals surface area contributed by atoms with E-state index in [2.05, 4.69) is 25.7 Å². The van der Waals surface area contributed by atoms with E-state index in [-0.39, 0.29) is 5.91 Å². The number of amides is 1. The Morgan fingerprint density at radius 2 is 1.92 bits per heavy atom. The van der Waals surface area contributed by atoms with E-state index in [0.29, 0.717) is 27.9 Å². The van der Waals surface area contributed by atoms with Crippen LogP contribution in [0.5, 0.6) is 0 Å². The molecule has 0 spiro atoms. The summed E-state index contributed by atoms with van der Waals surface area (Å²) in [4.78, 5) is 22.8. The van der Waals surface area contributed by atoms with Crippen molar-refractivity contribution in [2.75, 3.05) is 29.1 Å². The van der Waals surface area contributed by atoms with E-state index in [1.54, 1.807) is 24.3 Å². The third-order valence-electron chi connectivity index (χ3n) is 4.15. The first kappa shape index (κ1) is 17.3. The Kier molecular flexibility index (Phi) is 5.55. The van der Waals surface area contributed by atoms with Gasteiger partial charge in [-0.25, -0.2) is 9.97 Å². The molecule has 1 fully saturated rings. The van der Waals surface area contributed by atoms with Crippen LogP contribution in [0.25, 0.3) is 0 Å². The molecule has 1 aliphatic rings. The molecule has 0 aliphatic carbocycles. The van der Waals surface area contributed by atoms with E-state index in [1.165, 1.54) is 19.2 Å². The number of nitrogen functional groups attached to an aromatic ring is 1. The van der Waals surface area contributed by atoms with Gasteiger partial charge in [0.1, 0.15) is 12.0 Å². The number of carbonyl (C=O) groups is 1. The first-order valence-electron chi connectivity index (χ1n) is 8.32. The largest absolute Gasteiger partial charge is 0.393 e. The van der Waals surface area contributed by atoms with Crippen molar-refractivity contribution in [2.45, 2.75) is 25.7 Å². The SMILES string of the molecule is Nc1c(NNC(=O)c2cccc(Cl)c2)ncnc1N1CCCCCC1. The van der Waals surface area contributed by atoms with Gasteiger partial charge in [-0.15, -0.1) is 0 Å². The number of anilines is 3. The third-order valence-corrected chi connectivity index (χ3v) is 4.38. The van der Waals surface area contributed by atoms with Gasteiger partial charge in [-0.3, -0.25) is 15.6 Å². The van der Waals surface area contributed by atoms with Crippen molar-refractivity contribution in [3.8, 4) is 0 Å². The summed E-state index contributed by atoms with van der Waals surface area (Å²) in [7, 11) is 0. The fraction of sp³-hybridized carbons (Fsp3) is 0.353. The summed E-state index contributed by atoms with van der Waals surface area (Å²) in [5.41, 5.74) is 12.5. The average Bonchev–Trinajstić information content (AvgIpc) is 2.90. The summed E-state index contributed by atoms with van der Waals surface area (Å²) < 4.78 is 0. The van der Waals surface area contributed by atoms with E-state index >= 15 is 0 Å². The van der Waals surface area contributed by atoms with E-state index in [1.807, 2.05) is 0 Å². The second-order valence-electron chi connectivity index (χ2n) is 5.95. The highest BCUT2D eigenvalue weighted by Gasteiger charge is 2.17. The zero-order valence-corrected chi connectivity index (χ0v) is 14.6. The Morgan fingerprint density at radius 1 is 1.16 bits per heavy atom. The predicted octanol–water partition coefficient (Wildman–Crippen LogP) is 2.85. The lowest BCUT2D eigenvalue weighted by Gasteiger charge is -2.23. The molecule has 0 bridgehead atoms. The van der Waals surface area contributed by atoms with Gasteiger partial charge < -0.3 is 10.6 Å². The van der Waals surface area contributed by atoms with Crippen molar-refractivity contribution in [3.63, 3.8) is 0 Å². The van der Waals surface area contributed by atoms with Crippen LogP contribution in [0, 0.1) is 0 Å². The molecule has 0 saturated carbocycles. The number of halogens is 1. The van der Waals surface area contributed by atoms with Crippen LogP contribution in [-0.2, 0) is 0 Å². The fourth-order valence-electron chi connectivity index (χ4n) is 2.84. The lowest BCUT2D eigenvalue weighted by molar-refractivity contribution is 0.0962. The fourth-order valence-corrected chi connectivity index (χ4v) is 3.03. The van der Waals surface area contributed by atoms with Crippen LogP contribution < -0.4 is 21.5 Å². The Bertz CT molecular complexity index is 746.